The zero-order chi connectivity index (χ0) is 10.7. The fourth-order valence-corrected chi connectivity index (χ4v) is 1.28. The van der Waals surface area contributed by atoms with Gasteiger partial charge in [0.15, 0.2) is 0 Å². The third-order valence-corrected chi connectivity index (χ3v) is 1.88. The van der Waals surface area contributed by atoms with E-state index in [1.807, 2.05) is 0 Å². The van der Waals surface area contributed by atoms with E-state index in [0.717, 1.165) is 0 Å². The molecule has 0 atom stereocenters. The van der Waals surface area contributed by atoms with Crippen LogP contribution in [0.5, 0.6) is 5.75 Å². The van der Waals surface area contributed by atoms with Crippen LogP contribution in [-0.2, 0) is 0 Å². The number of hydrogen-bond acceptors (Lipinski definition) is 3. The molecule has 0 spiro atoms. The Balaban J connectivity index is 2.42. The highest BCUT2D eigenvalue weighted by Crippen LogP contribution is 2.27. The van der Waals surface area contributed by atoms with Gasteiger partial charge in [0, 0.05) is 11.8 Å². The maximum atomic E-state index is 10.4. The van der Waals surface area contributed by atoms with Crippen LogP contribution in [0.25, 0.3) is 11.3 Å². The van der Waals surface area contributed by atoms with Crippen molar-refractivity contribution in [3.05, 3.63) is 36.5 Å². The van der Waals surface area contributed by atoms with Crippen molar-refractivity contribution in [3.63, 3.8) is 0 Å². The van der Waals surface area contributed by atoms with E-state index < -0.39 is 6.16 Å². The van der Waals surface area contributed by atoms with Gasteiger partial charge in [0.1, 0.15) is 5.75 Å². The minimum Gasteiger partial charge on any atom is -0.449 e. The number of para-hydroxylation sites is 1. The van der Waals surface area contributed by atoms with Gasteiger partial charge in [-0.05, 0) is 18.2 Å². The predicted octanol–water partition coefficient (Wildman–Crippen LogP) is 2.13. The van der Waals surface area contributed by atoms with Crippen LogP contribution in [0.15, 0.2) is 36.5 Å². The lowest BCUT2D eigenvalue weighted by Crippen LogP contribution is -2.03. The molecule has 2 aromatic rings. The molecule has 1 heterocycles. The monoisotopic (exact) mass is 204 g/mol. The highest BCUT2D eigenvalue weighted by Gasteiger charge is 2.09. The summed E-state index contributed by atoms with van der Waals surface area (Å²) in [6.45, 7) is 0. The maximum absolute atomic E-state index is 10.4. The summed E-state index contributed by atoms with van der Waals surface area (Å²) in [5, 5.41) is 15.1. The van der Waals surface area contributed by atoms with Crippen molar-refractivity contribution in [2.24, 2.45) is 0 Å². The number of hydrogen-bond donors (Lipinski definition) is 2. The van der Waals surface area contributed by atoms with Crippen LogP contribution in [0, 0.1) is 0 Å². The molecule has 0 saturated carbocycles. The van der Waals surface area contributed by atoms with E-state index in [0.29, 0.717) is 11.3 Å². The van der Waals surface area contributed by atoms with Crippen molar-refractivity contribution in [1.29, 1.82) is 0 Å². The summed E-state index contributed by atoms with van der Waals surface area (Å²) < 4.78 is 4.64. The number of benzene rings is 1. The van der Waals surface area contributed by atoms with E-state index >= 15 is 0 Å². The topological polar surface area (TPSA) is 75.2 Å². The molecule has 0 fully saturated rings. The van der Waals surface area contributed by atoms with Gasteiger partial charge in [0.05, 0.1) is 5.69 Å². The predicted molar refractivity (Wildman–Crippen MR) is 52.7 cm³/mol. The number of carboxylic acid groups (broad SMARTS) is 1. The zero-order valence-corrected chi connectivity index (χ0v) is 7.68. The standard InChI is InChI=1S/C10H8N2O3/c13-10(14)15-9-4-2-1-3-7(9)8-5-6-11-12-8/h1-6H,(H,11,12)(H,13,14). The van der Waals surface area contributed by atoms with E-state index in [4.69, 9.17) is 5.11 Å². The second kappa shape index (κ2) is 3.83. The molecule has 0 aliphatic rings. The Bertz CT molecular complexity index is 465. The Morgan fingerprint density at radius 2 is 2.13 bits per heavy atom. The molecule has 1 aromatic carbocycles. The van der Waals surface area contributed by atoms with Gasteiger partial charge in [-0.3, -0.25) is 5.10 Å². The van der Waals surface area contributed by atoms with Gasteiger partial charge >= 0.3 is 6.16 Å². The molecule has 0 aliphatic carbocycles. The third kappa shape index (κ3) is 1.96. The fraction of sp³-hybridized carbons (Fsp3) is 0. The van der Waals surface area contributed by atoms with Crippen molar-refractivity contribution < 1.29 is 14.6 Å². The van der Waals surface area contributed by atoms with Crippen molar-refractivity contribution in [2.75, 3.05) is 0 Å². The van der Waals surface area contributed by atoms with Gasteiger partial charge in [-0.2, -0.15) is 5.10 Å². The largest absolute Gasteiger partial charge is 0.511 e. The number of aromatic nitrogens is 2. The second-order valence-electron chi connectivity index (χ2n) is 2.83. The molecule has 0 radical (unpaired) electrons. The minimum absolute atomic E-state index is 0.286. The second-order valence-corrected chi connectivity index (χ2v) is 2.83. The first kappa shape index (κ1) is 9.26. The minimum atomic E-state index is -1.33. The quantitative estimate of drug-likeness (QED) is 0.580. The summed E-state index contributed by atoms with van der Waals surface area (Å²) in [6, 6.07) is 8.59. The Morgan fingerprint density at radius 1 is 1.33 bits per heavy atom. The Kier molecular flexibility index (Phi) is 2.37. The molecule has 0 bridgehead atoms. The SMILES string of the molecule is O=C(O)Oc1ccccc1-c1ccn[nH]1. The summed E-state index contributed by atoms with van der Waals surface area (Å²) in [7, 11) is 0. The molecule has 2 rings (SSSR count). The van der Waals surface area contributed by atoms with Gasteiger partial charge in [0.2, 0.25) is 0 Å². The number of ether oxygens (including phenoxy) is 1. The van der Waals surface area contributed by atoms with E-state index in [1.54, 1.807) is 36.5 Å². The molecule has 0 unspecified atom stereocenters. The molecular weight excluding hydrogens is 196 g/mol. The summed E-state index contributed by atoms with van der Waals surface area (Å²) >= 11 is 0. The van der Waals surface area contributed by atoms with Crippen LogP contribution in [0.1, 0.15) is 0 Å². The lowest BCUT2D eigenvalue weighted by Gasteiger charge is -2.05. The highest BCUT2D eigenvalue weighted by molar-refractivity contribution is 5.71. The molecule has 0 amide bonds. The van der Waals surface area contributed by atoms with Gasteiger partial charge in [-0.15, -0.1) is 0 Å². The van der Waals surface area contributed by atoms with Crippen molar-refractivity contribution in [2.45, 2.75) is 0 Å². The van der Waals surface area contributed by atoms with Crippen LogP contribution in [0.2, 0.25) is 0 Å². The van der Waals surface area contributed by atoms with Crippen LogP contribution < -0.4 is 4.74 Å². The molecule has 0 saturated heterocycles. The zero-order valence-electron chi connectivity index (χ0n) is 7.68. The number of nitrogens with one attached hydrogen (secondary N) is 1. The van der Waals surface area contributed by atoms with Crippen LogP contribution in [0.4, 0.5) is 4.79 Å². The number of carbonyl (C=O) groups is 1. The Hall–Kier alpha value is -2.30. The van der Waals surface area contributed by atoms with E-state index in [1.165, 1.54) is 0 Å². The molecule has 1 aromatic heterocycles. The fourth-order valence-electron chi connectivity index (χ4n) is 1.28. The lowest BCUT2D eigenvalue weighted by molar-refractivity contribution is 0.144. The first-order valence-corrected chi connectivity index (χ1v) is 4.27. The lowest BCUT2D eigenvalue weighted by atomic mass is 10.1. The van der Waals surface area contributed by atoms with Crippen molar-refractivity contribution in [3.8, 4) is 17.0 Å². The van der Waals surface area contributed by atoms with Gasteiger partial charge in [0.25, 0.3) is 0 Å². The average Bonchev–Trinajstić information content (AvgIpc) is 2.70. The molecule has 5 heteroatoms. The molecule has 0 aliphatic heterocycles. The summed E-state index contributed by atoms with van der Waals surface area (Å²) in [5.74, 6) is 0.286. The van der Waals surface area contributed by atoms with Gasteiger partial charge in [-0.25, -0.2) is 4.79 Å². The van der Waals surface area contributed by atoms with Crippen LogP contribution in [-0.4, -0.2) is 21.5 Å². The first-order valence-electron chi connectivity index (χ1n) is 4.27. The normalized spacial score (nSPS) is 9.87. The molecular formula is C10H8N2O3. The van der Waals surface area contributed by atoms with Crippen LogP contribution in [0.3, 0.4) is 0 Å². The maximum Gasteiger partial charge on any atom is 0.511 e. The van der Waals surface area contributed by atoms with Gasteiger partial charge in [-0.1, -0.05) is 12.1 Å². The molecule has 15 heavy (non-hydrogen) atoms. The summed E-state index contributed by atoms with van der Waals surface area (Å²) in [5.41, 5.74) is 1.38. The molecule has 5 nitrogen and oxygen atoms in total. The summed E-state index contributed by atoms with van der Waals surface area (Å²) in [4.78, 5) is 10.4. The highest BCUT2D eigenvalue weighted by atomic mass is 16.7. The summed E-state index contributed by atoms with van der Waals surface area (Å²) in [6.07, 6.45) is 0.259. The van der Waals surface area contributed by atoms with Crippen molar-refractivity contribution in [1.82, 2.24) is 10.2 Å². The number of rotatable bonds is 2. The first-order chi connectivity index (χ1) is 7.27. The molecule has 2 N–H and O–H groups in total. The Morgan fingerprint density at radius 3 is 2.80 bits per heavy atom. The number of H-pyrrole nitrogens is 1. The van der Waals surface area contributed by atoms with E-state index in [9.17, 15) is 4.79 Å². The van der Waals surface area contributed by atoms with Crippen molar-refractivity contribution >= 4 is 6.16 Å². The number of nitrogens with zero attached hydrogens (tertiary/aromatic N) is 1. The Labute approximate surface area is 85.3 Å². The van der Waals surface area contributed by atoms with Gasteiger partial charge < -0.3 is 9.84 Å². The third-order valence-electron chi connectivity index (χ3n) is 1.88. The van der Waals surface area contributed by atoms with E-state index in [-0.39, 0.29) is 5.75 Å². The smallest absolute Gasteiger partial charge is 0.449 e. The average molecular weight is 204 g/mol. The number of aromatic amines is 1. The molecule has 76 valence electrons. The van der Waals surface area contributed by atoms with Crippen LogP contribution >= 0.6 is 0 Å². The van der Waals surface area contributed by atoms with E-state index in [2.05, 4.69) is 14.9 Å².